The lowest BCUT2D eigenvalue weighted by Crippen LogP contribution is -2.43. The van der Waals surface area contributed by atoms with E-state index in [9.17, 15) is 13.2 Å². The van der Waals surface area contributed by atoms with Crippen LogP contribution in [0, 0.1) is 5.41 Å². The monoisotopic (exact) mass is 356 g/mol. The first kappa shape index (κ1) is 17.8. The number of alkyl halides is 3. The van der Waals surface area contributed by atoms with Gasteiger partial charge in [-0.2, -0.15) is 13.2 Å². The average molecular weight is 356 g/mol. The summed E-state index contributed by atoms with van der Waals surface area (Å²) in [5.74, 6) is 0.394. The second kappa shape index (κ2) is 7.09. The van der Waals surface area contributed by atoms with E-state index in [1.54, 1.807) is 7.05 Å². The van der Waals surface area contributed by atoms with Crippen LogP contribution in [0.2, 0.25) is 0 Å². The van der Waals surface area contributed by atoms with E-state index < -0.39 is 11.7 Å². The van der Waals surface area contributed by atoms with Crippen LogP contribution in [-0.2, 0) is 6.18 Å². The molecule has 2 aliphatic rings. The van der Waals surface area contributed by atoms with Crippen LogP contribution in [-0.4, -0.2) is 49.1 Å². The van der Waals surface area contributed by atoms with E-state index in [4.69, 9.17) is 4.74 Å². The molecule has 2 heterocycles. The Morgan fingerprint density at radius 2 is 2.20 bits per heavy atom. The van der Waals surface area contributed by atoms with Crippen LogP contribution in [0.4, 0.5) is 13.2 Å². The number of likely N-dealkylation sites (tertiary alicyclic amines) is 1. The molecule has 1 spiro atoms. The summed E-state index contributed by atoms with van der Waals surface area (Å²) in [6.07, 6.45) is 1.87. The zero-order chi connectivity index (χ0) is 17.9. The predicted octanol–water partition coefficient (Wildman–Crippen LogP) is 2.93. The van der Waals surface area contributed by atoms with Gasteiger partial charge in [0.1, 0.15) is 12.2 Å². The van der Waals surface area contributed by atoms with Crippen molar-refractivity contribution in [1.29, 1.82) is 0 Å². The lowest BCUT2D eigenvalue weighted by molar-refractivity contribution is -0.139. The van der Waals surface area contributed by atoms with Crippen LogP contribution in [0.1, 0.15) is 31.2 Å². The molecular formula is C17H23F3N4O. The second-order valence-corrected chi connectivity index (χ2v) is 6.70. The molecule has 138 valence electrons. The van der Waals surface area contributed by atoms with E-state index >= 15 is 0 Å². The van der Waals surface area contributed by atoms with Crippen LogP contribution in [0.15, 0.2) is 23.3 Å². The number of pyridine rings is 1. The van der Waals surface area contributed by atoms with E-state index in [1.807, 2.05) is 0 Å². The Bertz CT molecular complexity index is 629. The molecule has 25 heavy (non-hydrogen) atoms. The first-order valence-corrected chi connectivity index (χ1v) is 8.54. The van der Waals surface area contributed by atoms with Gasteiger partial charge in [0.25, 0.3) is 0 Å². The number of guanidine groups is 1. The molecule has 0 radical (unpaired) electrons. The minimum absolute atomic E-state index is 0.0814. The molecule has 8 heteroatoms. The Labute approximate surface area is 145 Å². The third-order valence-corrected chi connectivity index (χ3v) is 5.06. The van der Waals surface area contributed by atoms with Gasteiger partial charge in [0.05, 0.1) is 6.54 Å². The quantitative estimate of drug-likeness (QED) is 0.512. The van der Waals surface area contributed by atoms with E-state index in [0.717, 1.165) is 25.1 Å². The lowest BCUT2D eigenvalue weighted by Gasteiger charge is -2.38. The lowest BCUT2D eigenvalue weighted by atomic mass is 9.68. The number of halogens is 3. The number of ether oxygens (including phenoxy) is 1. The van der Waals surface area contributed by atoms with E-state index in [1.165, 1.54) is 37.9 Å². The summed E-state index contributed by atoms with van der Waals surface area (Å²) in [6, 6.07) is 2.22. The molecule has 1 aliphatic heterocycles. The number of aromatic nitrogens is 1. The maximum atomic E-state index is 12.9. The van der Waals surface area contributed by atoms with Gasteiger partial charge in [0, 0.05) is 26.3 Å². The fourth-order valence-corrected chi connectivity index (χ4v) is 3.57. The Kier molecular flexibility index (Phi) is 5.06. The molecular weight excluding hydrogens is 333 g/mol. The van der Waals surface area contributed by atoms with E-state index in [2.05, 4.69) is 20.2 Å². The first-order valence-electron chi connectivity index (χ1n) is 8.54. The van der Waals surface area contributed by atoms with Crippen LogP contribution >= 0.6 is 0 Å². The van der Waals surface area contributed by atoms with Gasteiger partial charge in [-0.1, -0.05) is 6.42 Å². The zero-order valence-electron chi connectivity index (χ0n) is 14.3. The molecule has 0 aromatic carbocycles. The fraction of sp³-hybridized carbons (Fsp3) is 0.647. The van der Waals surface area contributed by atoms with Crippen LogP contribution in [0.5, 0.6) is 5.88 Å². The molecule has 0 bridgehead atoms. The molecule has 0 unspecified atom stereocenters. The normalized spacial score (nSPS) is 19.8. The number of aliphatic imine (C=N–C) groups is 1. The molecule has 1 N–H and O–H groups in total. The van der Waals surface area contributed by atoms with Crippen molar-refractivity contribution in [3.63, 3.8) is 0 Å². The third-order valence-electron chi connectivity index (χ3n) is 5.06. The third kappa shape index (κ3) is 3.99. The van der Waals surface area contributed by atoms with Crippen molar-refractivity contribution < 1.29 is 17.9 Å². The van der Waals surface area contributed by atoms with Crippen molar-refractivity contribution in [2.24, 2.45) is 10.4 Å². The molecule has 1 saturated heterocycles. The summed E-state index contributed by atoms with van der Waals surface area (Å²) >= 11 is 0. The van der Waals surface area contributed by atoms with Crippen LogP contribution in [0.3, 0.4) is 0 Å². The summed E-state index contributed by atoms with van der Waals surface area (Å²) in [5, 5.41) is 3.17. The largest absolute Gasteiger partial charge is 0.475 e. The topological polar surface area (TPSA) is 49.8 Å². The molecule has 3 rings (SSSR count). The summed E-state index contributed by atoms with van der Waals surface area (Å²) in [6.45, 7) is 2.42. The highest BCUT2D eigenvalue weighted by atomic mass is 19.4. The smallest absolute Gasteiger partial charge is 0.421 e. The molecule has 1 aliphatic carbocycles. The number of rotatable bonds is 4. The van der Waals surface area contributed by atoms with Crippen molar-refractivity contribution >= 4 is 5.96 Å². The van der Waals surface area contributed by atoms with Crippen molar-refractivity contribution in [2.45, 2.75) is 31.9 Å². The Morgan fingerprint density at radius 1 is 1.40 bits per heavy atom. The average Bonchev–Trinajstić information content (AvgIpc) is 3.00. The standard InChI is InChI=1S/C17H23F3N4O/c1-21-15(24-10-7-16(12-24)5-3-6-16)23-9-11-25-14-13(17(18,19)20)4-2-8-22-14/h2,4,8H,3,5-7,9-12H2,1H3,(H,21,23). The Hall–Kier alpha value is -1.99. The number of nitrogens with one attached hydrogen (secondary N) is 1. The van der Waals surface area contributed by atoms with Crippen molar-refractivity contribution in [1.82, 2.24) is 15.2 Å². The molecule has 0 amide bonds. The van der Waals surface area contributed by atoms with Gasteiger partial charge in [-0.3, -0.25) is 4.99 Å². The highest BCUT2D eigenvalue weighted by molar-refractivity contribution is 5.80. The minimum Gasteiger partial charge on any atom is -0.475 e. The SMILES string of the molecule is CN=C(NCCOc1ncccc1C(F)(F)F)N1CCC2(CCC2)C1. The van der Waals surface area contributed by atoms with Crippen LogP contribution < -0.4 is 10.1 Å². The van der Waals surface area contributed by atoms with Crippen LogP contribution in [0.25, 0.3) is 0 Å². The highest BCUT2D eigenvalue weighted by Crippen LogP contribution is 2.47. The van der Waals surface area contributed by atoms with Crippen molar-refractivity contribution in [3.05, 3.63) is 23.9 Å². The van der Waals surface area contributed by atoms with Gasteiger partial charge < -0.3 is 15.0 Å². The molecule has 1 saturated carbocycles. The van der Waals surface area contributed by atoms with Gasteiger partial charge in [0.2, 0.25) is 5.88 Å². The molecule has 5 nitrogen and oxygen atoms in total. The van der Waals surface area contributed by atoms with Gasteiger partial charge >= 0.3 is 6.18 Å². The highest BCUT2D eigenvalue weighted by Gasteiger charge is 2.43. The maximum Gasteiger partial charge on any atom is 0.421 e. The number of hydrogen-bond acceptors (Lipinski definition) is 3. The van der Waals surface area contributed by atoms with Gasteiger partial charge in [0.15, 0.2) is 5.96 Å². The summed E-state index contributed by atoms with van der Waals surface area (Å²) < 4.78 is 43.9. The molecule has 2 fully saturated rings. The minimum atomic E-state index is -4.47. The zero-order valence-corrected chi connectivity index (χ0v) is 14.3. The summed E-state index contributed by atoms with van der Waals surface area (Å²) in [4.78, 5) is 10.2. The van der Waals surface area contributed by atoms with E-state index in [0.29, 0.717) is 12.0 Å². The van der Waals surface area contributed by atoms with Crippen molar-refractivity contribution in [2.75, 3.05) is 33.3 Å². The summed E-state index contributed by atoms with van der Waals surface area (Å²) in [7, 11) is 1.72. The number of nitrogens with zero attached hydrogens (tertiary/aromatic N) is 3. The van der Waals surface area contributed by atoms with Crippen molar-refractivity contribution in [3.8, 4) is 5.88 Å². The Morgan fingerprint density at radius 3 is 2.80 bits per heavy atom. The van der Waals surface area contributed by atoms with Gasteiger partial charge in [-0.25, -0.2) is 4.98 Å². The molecule has 1 aromatic heterocycles. The predicted molar refractivity (Wildman–Crippen MR) is 88.6 cm³/mol. The van der Waals surface area contributed by atoms with Gasteiger partial charge in [-0.05, 0) is 36.8 Å². The fourth-order valence-electron chi connectivity index (χ4n) is 3.57. The maximum absolute atomic E-state index is 12.9. The van der Waals surface area contributed by atoms with E-state index in [-0.39, 0.29) is 12.5 Å². The molecule has 0 atom stereocenters. The first-order chi connectivity index (χ1) is 11.9. The second-order valence-electron chi connectivity index (χ2n) is 6.70. The summed E-state index contributed by atoms with van der Waals surface area (Å²) in [5.41, 5.74) is -0.394. The molecule has 1 aromatic rings. The van der Waals surface area contributed by atoms with Gasteiger partial charge in [-0.15, -0.1) is 0 Å². The number of hydrogen-bond donors (Lipinski definition) is 1. The Balaban J connectivity index is 1.48.